The summed E-state index contributed by atoms with van der Waals surface area (Å²) < 4.78 is 9.50. The van der Waals surface area contributed by atoms with Crippen molar-refractivity contribution in [2.75, 3.05) is 14.2 Å². The second kappa shape index (κ2) is 4.90. The van der Waals surface area contributed by atoms with E-state index in [0.29, 0.717) is 0 Å². The molecule has 0 aromatic rings. The van der Waals surface area contributed by atoms with Crippen LogP contribution in [-0.2, 0) is 14.3 Å². The van der Waals surface area contributed by atoms with Gasteiger partial charge in [0.05, 0.1) is 0 Å². The molecule has 0 radical (unpaired) electrons. The highest BCUT2D eigenvalue weighted by atomic mass is 79.9. The normalized spacial score (nSPS) is 13.8. The van der Waals surface area contributed by atoms with Gasteiger partial charge in [0.2, 0.25) is 0 Å². The van der Waals surface area contributed by atoms with E-state index in [1.807, 2.05) is 0 Å². The van der Waals surface area contributed by atoms with Crippen LogP contribution < -0.4 is 0 Å². The third kappa shape index (κ3) is 2.93. The Morgan fingerprint density at radius 3 is 2.00 bits per heavy atom. The van der Waals surface area contributed by atoms with Crippen LogP contribution in [0.25, 0.3) is 0 Å². The Labute approximate surface area is 62.5 Å². The molecular weight excluding hydrogens is 188 g/mol. The highest BCUT2D eigenvalue weighted by Crippen LogP contribution is 2.05. The van der Waals surface area contributed by atoms with Crippen molar-refractivity contribution in [1.29, 1.82) is 0 Å². The molecule has 0 saturated carbocycles. The summed E-state index contributed by atoms with van der Waals surface area (Å²) in [6.07, 6.45) is 0.236. The lowest BCUT2D eigenvalue weighted by Gasteiger charge is -2.13. The second-order valence-corrected chi connectivity index (χ2v) is 2.48. The van der Waals surface area contributed by atoms with Crippen LogP contribution in [0.15, 0.2) is 0 Å². The molecule has 0 heterocycles. The molecule has 0 fully saturated rings. The first kappa shape index (κ1) is 9.07. The number of ether oxygens (including phenoxy) is 2. The first-order valence-electron chi connectivity index (χ1n) is 2.41. The lowest BCUT2D eigenvalue weighted by molar-refractivity contribution is -0.124. The van der Waals surface area contributed by atoms with E-state index in [1.54, 1.807) is 0 Å². The molecule has 54 valence electrons. The Bertz CT molecular complexity index is 82.3. The van der Waals surface area contributed by atoms with Gasteiger partial charge in [0.15, 0.2) is 6.29 Å². The Balaban J connectivity index is 3.63. The van der Waals surface area contributed by atoms with E-state index in [4.69, 9.17) is 9.47 Å². The molecule has 0 rings (SSSR count). The Morgan fingerprint density at radius 2 is 1.89 bits per heavy atom. The number of alkyl halides is 1. The van der Waals surface area contributed by atoms with E-state index >= 15 is 0 Å². The van der Waals surface area contributed by atoms with Crippen LogP contribution in [0.1, 0.15) is 0 Å². The molecule has 0 spiro atoms. The van der Waals surface area contributed by atoms with Gasteiger partial charge in [0.25, 0.3) is 0 Å². The van der Waals surface area contributed by atoms with E-state index in [2.05, 4.69) is 15.9 Å². The van der Waals surface area contributed by atoms with Gasteiger partial charge in [-0.15, -0.1) is 0 Å². The van der Waals surface area contributed by atoms with Crippen LogP contribution in [0.4, 0.5) is 0 Å². The number of hydrogen-bond acceptors (Lipinski definition) is 3. The van der Waals surface area contributed by atoms with Crippen molar-refractivity contribution in [3.05, 3.63) is 0 Å². The fraction of sp³-hybridized carbons (Fsp3) is 0.800. The van der Waals surface area contributed by atoms with Gasteiger partial charge in [0, 0.05) is 14.2 Å². The Kier molecular flexibility index (Phi) is 4.94. The van der Waals surface area contributed by atoms with Gasteiger partial charge in [-0.05, 0) is 0 Å². The van der Waals surface area contributed by atoms with Crippen LogP contribution >= 0.6 is 15.9 Å². The number of rotatable bonds is 4. The molecule has 0 saturated heterocycles. The largest absolute Gasteiger partial charge is 0.354 e. The topological polar surface area (TPSA) is 35.5 Å². The number of aldehydes is 1. The number of hydrogen-bond donors (Lipinski definition) is 0. The van der Waals surface area contributed by atoms with E-state index in [0.717, 1.165) is 6.29 Å². The average Bonchev–Trinajstić information content (AvgIpc) is 1.90. The lowest BCUT2D eigenvalue weighted by atomic mass is 10.5. The molecular formula is C5H9BrO3. The quantitative estimate of drug-likeness (QED) is 0.375. The monoisotopic (exact) mass is 196 g/mol. The summed E-state index contributed by atoms with van der Waals surface area (Å²) >= 11 is 3.05. The van der Waals surface area contributed by atoms with Gasteiger partial charge in [0.1, 0.15) is 11.1 Å². The molecule has 1 unspecified atom stereocenters. The smallest absolute Gasteiger partial charge is 0.175 e. The zero-order valence-electron chi connectivity index (χ0n) is 5.33. The van der Waals surface area contributed by atoms with Gasteiger partial charge >= 0.3 is 0 Å². The highest BCUT2D eigenvalue weighted by molar-refractivity contribution is 9.10. The molecule has 0 amide bonds. The maximum Gasteiger partial charge on any atom is 0.175 e. The van der Waals surface area contributed by atoms with Gasteiger partial charge in [-0.1, -0.05) is 15.9 Å². The second-order valence-electron chi connectivity index (χ2n) is 1.42. The molecule has 0 aliphatic heterocycles. The summed E-state index contributed by atoms with van der Waals surface area (Å²) in [5.41, 5.74) is 0. The first-order valence-corrected chi connectivity index (χ1v) is 3.32. The minimum atomic E-state index is -0.484. The first-order chi connectivity index (χ1) is 4.26. The molecule has 3 nitrogen and oxygen atoms in total. The van der Waals surface area contributed by atoms with Crippen molar-refractivity contribution in [1.82, 2.24) is 0 Å². The number of methoxy groups -OCH3 is 2. The number of halogens is 1. The van der Waals surface area contributed by atoms with E-state index in [1.165, 1.54) is 14.2 Å². The molecule has 0 aliphatic rings. The van der Waals surface area contributed by atoms with Crippen LogP contribution in [-0.4, -0.2) is 31.6 Å². The summed E-state index contributed by atoms with van der Waals surface area (Å²) in [5.74, 6) is 0. The summed E-state index contributed by atoms with van der Waals surface area (Å²) in [6, 6.07) is 0. The molecule has 0 bridgehead atoms. The van der Waals surface area contributed by atoms with Crippen molar-refractivity contribution in [3.8, 4) is 0 Å². The molecule has 0 aromatic heterocycles. The third-order valence-electron chi connectivity index (χ3n) is 0.855. The van der Waals surface area contributed by atoms with Gasteiger partial charge in [-0.2, -0.15) is 0 Å². The minimum absolute atomic E-state index is 0.382. The van der Waals surface area contributed by atoms with Crippen LogP contribution in [0, 0.1) is 0 Å². The number of carbonyl (C=O) groups excluding carboxylic acids is 1. The van der Waals surface area contributed by atoms with Crippen LogP contribution in [0.2, 0.25) is 0 Å². The van der Waals surface area contributed by atoms with E-state index in [-0.39, 0.29) is 4.83 Å². The van der Waals surface area contributed by atoms with Gasteiger partial charge in [-0.3, -0.25) is 0 Å². The van der Waals surface area contributed by atoms with Gasteiger partial charge < -0.3 is 14.3 Å². The summed E-state index contributed by atoms with van der Waals surface area (Å²) in [5, 5.41) is 0. The van der Waals surface area contributed by atoms with Gasteiger partial charge in [-0.25, -0.2) is 0 Å². The molecule has 9 heavy (non-hydrogen) atoms. The zero-order valence-corrected chi connectivity index (χ0v) is 6.92. The average molecular weight is 197 g/mol. The lowest BCUT2D eigenvalue weighted by Crippen LogP contribution is -2.25. The van der Waals surface area contributed by atoms with Crippen molar-refractivity contribution in [2.45, 2.75) is 11.1 Å². The molecule has 4 heteroatoms. The Morgan fingerprint density at radius 1 is 1.44 bits per heavy atom. The third-order valence-corrected chi connectivity index (χ3v) is 1.50. The molecule has 1 atom stereocenters. The van der Waals surface area contributed by atoms with E-state index in [9.17, 15) is 4.79 Å². The fourth-order valence-electron chi connectivity index (χ4n) is 0.420. The molecule has 0 N–H and O–H groups in total. The SMILES string of the molecule is COC(OC)C(Br)C=O. The maximum absolute atomic E-state index is 10.1. The maximum atomic E-state index is 10.1. The summed E-state index contributed by atoms with van der Waals surface area (Å²) in [7, 11) is 2.96. The summed E-state index contributed by atoms with van der Waals surface area (Å²) in [4.78, 5) is 9.68. The fourth-order valence-corrected chi connectivity index (χ4v) is 0.852. The van der Waals surface area contributed by atoms with Crippen molar-refractivity contribution >= 4 is 22.2 Å². The molecule has 0 aromatic carbocycles. The number of carbonyl (C=O) groups is 1. The Hall–Kier alpha value is 0.0700. The zero-order chi connectivity index (χ0) is 7.28. The van der Waals surface area contributed by atoms with E-state index < -0.39 is 6.29 Å². The van der Waals surface area contributed by atoms with Crippen LogP contribution in [0.3, 0.4) is 0 Å². The van der Waals surface area contributed by atoms with Crippen molar-refractivity contribution in [2.24, 2.45) is 0 Å². The predicted octanol–water partition coefficient (Wildman–Crippen LogP) is 0.568. The van der Waals surface area contributed by atoms with Crippen molar-refractivity contribution < 1.29 is 14.3 Å². The molecule has 0 aliphatic carbocycles. The van der Waals surface area contributed by atoms with Crippen LogP contribution in [0.5, 0.6) is 0 Å². The predicted molar refractivity (Wildman–Crippen MR) is 36.6 cm³/mol. The minimum Gasteiger partial charge on any atom is -0.354 e. The van der Waals surface area contributed by atoms with Crippen molar-refractivity contribution in [3.63, 3.8) is 0 Å². The summed E-state index contributed by atoms with van der Waals surface area (Å²) in [6.45, 7) is 0. The highest BCUT2D eigenvalue weighted by Gasteiger charge is 2.15. The standard InChI is InChI=1S/C5H9BrO3/c1-8-5(9-2)4(6)3-7/h3-5H,1-2H3.